The van der Waals surface area contributed by atoms with Crippen molar-refractivity contribution in [3.8, 4) is 0 Å². The van der Waals surface area contributed by atoms with E-state index in [0.29, 0.717) is 0 Å². The fourth-order valence-electron chi connectivity index (χ4n) is 2.95. The fourth-order valence-corrected chi connectivity index (χ4v) is 3.25. The second kappa shape index (κ2) is 6.49. The minimum absolute atomic E-state index is 0.755. The maximum absolute atomic E-state index is 5.57. The first kappa shape index (κ1) is 15.0. The van der Waals surface area contributed by atoms with Gasteiger partial charge in [-0.25, -0.2) is 0 Å². The third kappa shape index (κ3) is 3.05. The van der Waals surface area contributed by atoms with Gasteiger partial charge in [0.25, 0.3) is 0 Å². The number of fused-ring (bicyclic) bond motifs is 1. The zero-order chi connectivity index (χ0) is 16.4. The minimum atomic E-state index is 0.755. The van der Waals surface area contributed by atoms with E-state index >= 15 is 0 Å². The van der Waals surface area contributed by atoms with Gasteiger partial charge in [0, 0.05) is 42.9 Å². The second-order valence-corrected chi connectivity index (χ2v) is 6.21. The van der Waals surface area contributed by atoms with Gasteiger partial charge >= 0.3 is 0 Å². The number of nitrogens with zero attached hydrogens (tertiary/aromatic N) is 3. The van der Waals surface area contributed by atoms with Crippen LogP contribution in [0.15, 0.2) is 59.3 Å². The summed E-state index contributed by atoms with van der Waals surface area (Å²) in [6.07, 6.45) is 1.64. The van der Waals surface area contributed by atoms with Crippen LogP contribution in [-0.4, -0.2) is 41.3 Å². The van der Waals surface area contributed by atoms with Crippen molar-refractivity contribution < 1.29 is 4.52 Å². The van der Waals surface area contributed by atoms with Gasteiger partial charge in [-0.2, -0.15) is 0 Å². The Hall–Kier alpha value is -2.60. The van der Waals surface area contributed by atoms with Gasteiger partial charge in [0.05, 0.1) is 0 Å². The molecule has 1 N–H and O–H groups in total. The molecule has 1 aliphatic heterocycles. The zero-order valence-electron chi connectivity index (χ0n) is 13.2. The van der Waals surface area contributed by atoms with E-state index in [2.05, 4.69) is 44.5 Å². The summed E-state index contributed by atoms with van der Waals surface area (Å²) in [7, 11) is 0. The number of hydrogen-bond acceptors (Lipinski definition) is 4. The molecule has 0 radical (unpaired) electrons. The van der Waals surface area contributed by atoms with Crippen LogP contribution in [0.1, 0.15) is 0 Å². The molecular weight excluding hydrogens is 320 g/mol. The Morgan fingerprint density at radius 3 is 2.62 bits per heavy atom. The molecule has 0 spiro atoms. The van der Waals surface area contributed by atoms with Gasteiger partial charge in [0.2, 0.25) is 0 Å². The maximum Gasteiger partial charge on any atom is 0.173 e. The molecule has 1 aromatic heterocycles. The molecule has 0 atom stereocenters. The summed E-state index contributed by atoms with van der Waals surface area (Å²) < 4.78 is 4.97. The first-order valence-electron chi connectivity index (χ1n) is 8.00. The van der Waals surface area contributed by atoms with Gasteiger partial charge in [-0.15, -0.1) is 0 Å². The smallest absolute Gasteiger partial charge is 0.173 e. The van der Waals surface area contributed by atoms with Crippen LogP contribution in [0.3, 0.4) is 0 Å². The van der Waals surface area contributed by atoms with Gasteiger partial charge in [0.1, 0.15) is 11.8 Å². The number of aromatic nitrogens is 1. The Balaban J connectivity index is 1.37. The number of piperazine rings is 1. The standard InChI is InChI=1S/C18H18N4OS/c24-18(19-15-7-6-14-13-23-20-17(14)12-15)22-10-8-21(9-11-22)16-4-2-1-3-5-16/h1-7,12-13H,8-11H2,(H,19,24). The molecule has 5 nitrogen and oxygen atoms in total. The van der Waals surface area contributed by atoms with Crippen LogP contribution in [0.25, 0.3) is 10.9 Å². The summed E-state index contributed by atoms with van der Waals surface area (Å²) in [5.74, 6) is 0. The summed E-state index contributed by atoms with van der Waals surface area (Å²) in [6.45, 7) is 3.75. The molecule has 0 saturated carbocycles. The highest BCUT2D eigenvalue weighted by Gasteiger charge is 2.19. The summed E-state index contributed by atoms with van der Waals surface area (Å²) in [4.78, 5) is 4.60. The van der Waals surface area contributed by atoms with Crippen LogP contribution < -0.4 is 10.2 Å². The van der Waals surface area contributed by atoms with Crippen molar-refractivity contribution in [2.24, 2.45) is 0 Å². The molecule has 122 valence electrons. The van der Waals surface area contributed by atoms with Crippen LogP contribution in [0.4, 0.5) is 11.4 Å². The average molecular weight is 338 g/mol. The van der Waals surface area contributed by atoms with E-state index in [1.807, 2.05) is 24.3 Å². The first-order chi connectivity index (χ1) is 11.8. The second-order valence-electron chi connectivity index (χ2n) is 5.83. The maximum atomic E-state index is 5.57. The quantitative estimate of drug-likeness (QED) is 0.723. The summed E-state index contributed by atoms with van der Waals surface area (Å²) >= 11 is 5.57. The molecule has 0 amide bonds. The van der Waals surface area contributed by atoms with Crippen LogP contribution in [0.5, 0.6) is 0 Å². The third-order valence-corrected chi connectivity index (χ3v) is 4.66. The molecule has 0 unspecified atom stereocenters. The van der Waals surface area contributed by atoms with Crippen molar-refractivity contribution in [1.29, 1.82) is 0 Å². The van der Waals surface area contributed by atoms with Gasteiger partial charge in [0.15, 0.2) is 5.11 Å². The van der Waals surface area contributed by atoms with Crippen molar-refractivity contribution in [2.45, 2.75) is 0 Å². The van der Waals surface area contributed by atoms with Crippen molar-refractivity contribution in [3.05, 3.63) is 54.8 Å². The molecule has 24 heavy (non-hydrogen) atoms. The number of thiocarbonyl (C=S) groups is 1. The number of anilines is 2. The molecule has 1 saturated heterocycles. The number of para-hydroxylation sites is 1. The predicted octanol–water partition coefficient (Wildman–Crippen LogP) is 3.35. The number of rotatable bonds is 2. The van der Waals surface area contributed by atoms with Gasteiger partial charge < -0.3 is 19.6 Å². The van der Waals surface area contributed by atoms with Crippen molar-refractivity contribution >= 4 is 39.6 Å². The summed E-state index contributed by atoms with van der Waals surface area (Å²) in [5, 5.41) is 9.01. The van der Waals surface area contributed by atoms with E-state index in [0.717, 1.165) is 47.9 Å². The molecule has 1 fully saturated rings. The van der Waals surface area contributed by atoms with Crippen molar-refractivity contribution in [3.63, 3.8) is 0 Å². The van der Waals surface area contributed by atoms with Gasteiger partial charge in [-0.1, -0.05) is 23.4 Å². The molecule has 4 rings (SSSR count). The first-order valence-corrected chi connectivity index (χ1v) is 8.40. The highest BCUT2D eigenvalue weighted by atomic mass is 32.1. The average Bonchev–Trinajstić information content (AvgIpc) is 3.10. The Bertz CT molecular complexity index is 840. The lowest BCUT2D eigenvalue weighted by molar-refractivity contribution is 0.391. The van der Waals surface area contributed by atoms with Crippen molar-refractivity contribution in [2.75, 3.05) is 36.4 Å². The van der Waals surface area contributed by atoms with Crippen LogP contribution in [0.2, 0.25) is 0 Å². The Morgan fingerprint density at radius 2 is 1.83 bits per heavy atom. The number of benzene rings is 2. The van der Waals surface area contributed by atoms with E-state index in [4.69, 9.17) is 16.7 Å². The monoisotopic (exact) mass is 338 g/mol. The molecule has 3 aromatic rings. The largest absolute Gasteiger partial charge is 0.368 e. The van der Waals surface area contributed by atoms with Crippen molar-refractivity contribution in [1.82, 2.24) is 10.1 Å². The van der Waals surface area contributed by atoms with E-state index < -0.39 is 0 Å². The van der Waals surface area contributed by atoms with E-state index in [-0.39, 0.29) is 0 Å². The lowest BCUT2D eigenvalue weighted by Gasteiger charge is -2.37. The van der Waals surface area contributed by atoms with Crippen LogP contribution >= 0.6 is 12.2 Å². The number of hydrogen-bond donors (Lipinski definition) is 1. The fraction of sp³-hybridized carbons (Fsp3) is 0.222. The van der Waals surface area contributed by atoms with E-state index in [1.54, 1.807) is 6.26 Å². The van der Waals surface area contributed by atoms with E-state index in [9.17, 15) is 0 Å². The number of nitrogens with one attached hydrogen (secondary N) is 1. The molecule has 0 aliphatic carbocycles. The van der Waals surface area contributed by atoms with Crippen LogP contribution in [-0.2, 0) is 0 Å². The van der Waals surface area contributed by atoms with Gasteiger partial charge in [-0.05, 0) is 42.5 Å². The summed E-state index contributed by atoms with van der Waals surface area (Å²) in [5.41, 5.74) is 3.04. The normalized spacial score (nSPS) is 14.8. The summed E-state index contributed by atoms with van der Waals surface area (Å²) in [6, 6.07) is 16.4. The Kier molecular flexibility index (Phi) is 4.04. The zero-order valence-corrected chi connectivity index (χ0v) is 14.0. The molecule has 2 aromatic carbocycles. The lowest BCUT2D eigenvalue weighted by Crippen LogP contribution is -2.50. The molecule has 6 heteroatoms. The topological polar surface area (TPSA) is 44.5 Å². The molecular formula is C18H18N4OS. The van der Waals surface area contributed by atoms with Gasteiger partial charge in [-0.3, -0.25) is 0 Å². The highest BCUT2D eigenvalue weighted by Crippen LogP contribution is 2.19. The molecule has 1 aliphatic rings. The minimum Gasteiger partial charge on any atom is -0.368 e. The lowest BCUT2D eigenvalue weighted by atomic mass is 10.2. The van der Waals surface area contributed by atoms with E-state index in [1.165, 1.54) is 5.69 Å². The Labute approximate surface area is 145 Å². The van der Waals surface area contributed by atoms with Crippen LogP contribution in [0, 0.1) is 0 Å². The highest BCUT2D eigenvalue weighted by molar-refractivity contribution is 7.80. The SMILES string of the molecule is S=C(Nc1ccc2conc2c1)N1CCN(c2ccccc2)CC1. The third-order valence-electron chi connectivity index (χ3n) is 4.30. The predicted molar refractivity (Wildman–Crippen MR) is 100 cm³/mol. The Morgan fingerprint density at radius 1 is 1.04 bits per heavy atom. The molecule has 2 heterocycles. The molecule has 0 bridgehead atoms.